The highest BCUT2D eigenvalue weighted by Gasteiger charge is 2.37. The summed E-state index contributed by atoms with van der Waals surface area (Å²) in [6.07, 6.45) is -3.25. The van der Waals surface area contributed by atoms with Crippen LogP contribution in [-0.4, -0.2) is 24.2 Å². The minimum Gasteiger partial charge on any atom is -0.458 e. The number of nitrogen functional groups attached to an aromatic ring is 1. The van der Waals surface area contributed by atoms with Gasteiger partial charge in [0, 0.05) is 17.9 Å². The van der Waals surface area contributed by atoms with Crippen molar-refractivity contribution in [3.8, 4) is 0 Å². The molecular formula is C16H21F3N2O2. The standard InChI is InChI=1S/C16H21F3N2O2/c1-15(2,3)23-14(22)13-5-4-8-21(13)10-6-7-12(20)11(9-10)16(17,18)19/h6-7,9,13H,4-5,8,20H2,1-3H3/t13-/m1/s1. The second-order valence-electron chi connectivity index (χ2n) is 6.65. The molecule has 1 fully saturated rings. The third kappa shape index (κ3) is 4.09. The summed E-state index contributed by atoms with van der Waals surface area (Å²) < 4.78 is 44.4. The zero-order valence-corrected chi connectivity index (χ0v) is 13.4. The van der Waals surface area contributed by atoms with Crippen molar-refractivity contribution in [2.75, 3.05) is 17.2 Å². The van der Waals surface area contributed by atoms with E-state index in [0.717, 1.165) is 12.5 Å². The number of nitrogens with two attached hydrogens (primary N) is 1. The molecule has 0 aromatic heterocycles. The van der Waals surface area contributed by atoms with E-state index in [1.54, 1.807) is 25.7 Å². The van der Waals surface area contributed by atoms with Crippen molar-refractivity contribution >= 4 is 17.3 Å². The number of esters is 1. The Labute approximate surface area is 133 Å². The predicted molar refractivity (Wildman–Crippen MR) is 82.1 cm³/mol. The quantitative estimate of drug-likeness (QED) is 0.665. The first-order chi connectivity index (χ1) is 10.5. The molecule has 1 atom stereocenters. The number of hydrogen-bond acceptors (Lipinski definition) is 4. The van der Waals surface area contributed by atoms with Gasteiger partial charge in [-0.15, -0.1) is 0 Å². The molecule has 0 unspecified atom stereocenters. The number of anilines is 2. The summed E-state index contributed by atoms with van der Waals surface area (Å²) >= 11 is 0. The van der Waals surface area contributed by atoms with Crippen LogP contribution in [0.3, 0.4) is 0 Å². The highest BCUT2D eigenvalue weighted by atomic mass is 19.4. The molecule has 1 saturated heterocycles. The average molecular weight is 330 g/mol. The molecule has 1 aromatic carbocycles. The third-order valence-electron chi connectivity index (χ3n) is 3.61. The Kier molecular flexibility index (Phi) is 4.50. The molecule has 0 saturated carbocycles. The SMILES string of the molecule is CC(C)(C)OC(=O)[C@H]1CCCN1c1ccc(N)c(C(F)(F)F)c1. The molecule has 4 nitrogen and oxygen atoms in total. The zero-order chi connectivity index (χ0) is 17.4. The summed E-state index contributed by atoms with van der Waals surface area (Å²) in [5.74, 6) is -0.416. The van der Waals surface area contributed by atoms with Crippen LogP contribution in [0.15, 0.2) is 18.2 Å². The number of halogens is 3. The van der Waals surface area contributed by atoms with Crippen LogP contribution in [0.5, 0.6) is 0 Å². The number of benzene rings is 1. The van der Waals surface area contributed by atoms with E-state index >= 15 is 0 Å². The first kappa shape index (κ1) is 17.4. The van der Waals surface area contributed by atoms with Crippen LogP contribution < -0.4 is 10.6 Å². The molecular weight excluding hydrogens is 309 g/mol. The molecule has 0 spiro atoms. The van der Waals surface area contributed by atoms with Crippen LogP contribution in [-0.2, 0) is 15.7 Å². The van der Waals surface area contributed by atoms with Gasteiger partial charge < -0.3 is 15.4 Å². The number of hydrogen-bond donors (Lipinski definition) is 1. The lowest BCUT2D eigenvalue weighted by atomic mass is 10.1. The molecule has 1 aliphatic heterocycles. The van der Waals surface area contributed by atoms with Crippen molar-refractivity contribution in [3.63, 3.8) is 0 Å². The Hall–Kier alpha value is -1.92. The van der Waals surface area contributed by atoms with Gasteiger partial charge >= 0.3 is 12.1 Å². The molecule has 0 aliphatic carbocycles. The minimum atomic E-state index is -4.53. The lowest BCUT2D eigenvalue weighted by Crippen LogP contribution is -2.40. The van der Waals surface area contributed by atoms with E-state index < -0.39 is 29.4 Å². The van der Waals surface area contributed by atoms with Crippen molar-refractivity contribution < 1.29 is 22.7 Å². The third-order valence-corrected chi connectivity index (χ3v) is 3.61. The van der Waals surface area contributed by atoms with Crippen LogP contribution in [0, 0.1) is 0 Å². The number of carbonyl (C=O) groups excluding carboxylic acids is 1. The van der Waals surface area contributed by atoms with Gasteiger partial charge in [-0.05, 0) is 51.8 Å². The van der Waals surface area contributed by atoms with Crippen molar-refractivity contribution in [2.24, 2.45) is 0 Å². The van der Waals surface area contributed by atoms with Crippen LogP contribution in [0.2, 0.25) is 0 Å². The van der Waals surface area contributed by atoms with Gasteiger partial charge in [0.15, 0.2) is 0 Å². The predicted octanol–water partition coefficient (Wildman–Crippen LogP) is 3.60. The highest BCUT2D eigenvalue weighted by molar-refractivity contribution is 5.81. The number of ether oxygens (including phenoxy) is 1. The van der Waals surface area contributed by atoms with Crippen molar-refractivity contribution in [1.29, 1.82) is 0 Å². The number of nitrogens with zero attached hydrogens (tertiary/aromatic N) is 1. The summed E-state index contributed by atoms with van der Waals surface area (Å²) in [6.45, 7) is 5.78. The molecule has 23 heavy (non-hydrogen) atoms. The second-order valence-corrected chi connectivity index (χ2v) is 6.65. The van der Waals surface area contributed by atoms with E-state index in [2.05, 4.69) is 0 Å². The van der Waals surface area contributed by atoms with Crippen molar-refractivity contribution in [3.05, 3.63) is 23.8 Å². The highest BCUT2D eigenvalue weighted by Crippen LogP contribution is 2.37. The smallest absolute Gasteiger partial charge is 0.418 e. The van der Waals surface area contributed by atoms with Crippen molar-refractivity contribution in [1.82, 2.24) is 0 Å². The summed E-state index contributed by atoms with van der Waals surface area (Å²) in [6, 6.07) is 3.16. The molecule has 7 heteroatoms. The lowest BCUT2D eigenvalue weighted by molar-refractivity contribution is -0.156. The van der Waals surface area contributed by atoms with Crippen LogP contribution in [0.1, 0.15) is 39.2 Å². The van der Waals surface area contributed by atoms with Gasteiger partial charge in [0.05, 0.1) is 5.56 Å². The fourth-order valence-electron chi connectivity index (χ4n) is 2.66. The Morgan fingerprint density at radius 3 is 2.52 bits per heavy atom. The molecule has 128 valence electrons. The fourth-order valence-corrected chi connectivity index (χ4v) is 2.66. The van der Waals surface area contributed by atoms with E-state index in [1.807, 2.05) is 0 Å². The summed E-state index contributed by atoms with van der Waals surface area (Å²) in [5, 5.41) is 0. The van der Waals surface area contributed by atoms with Gasteiger partial charge in [-0.3, -0.25) is 0 Å². The average Bonchev–Trinajstić information content (AvgIpc) is 2.85. The Balaban J connectivity index is 2.28. The number of rotatable bonds is 2. The number of carbonyl (C=O) groups is 1. The lowest BCUT2D eigenvalue weighted by Gasteiger charge is -2.29. The van der Waals surface area contributed by atoms with Crippen LogP contribution >= 0.6 is 0 Å². The minimum absolute atomic E-state index is 0.325. The molecule has 2 rings (SSSR count). The maximum Gasteiger partial charge on any atom is 0.418 e. The van der Waals surface area contributed by atoms with Crippen LogP contribution in [0.4, 0.5) is 24.5 Å². The number of alkyl halides is 3. The van der Waals surface area contributed by atoms with Gasteiger partial charge in [0.1, 0.15) is 11.6 Å². The molecule has 1 aromatic rings. The molecule has 0 bridgehead atoms. The largest absolute Gasteiger partial charge is 0.458 e. The van der Waals surface area contributed by atoms with E-state index in [4.69, 9.17) is 10.5 Å². The van der Waals surface area contributed by atoms with E-state index in [9.17, 15) is 18.0 Å². The van der Waals surface area contributed by atoms with Gasteiger partial charge in [-0.1, -0.05) is 0 Å². The van der Waals surface area contributed by atoms with E-state index in [1.165, 1.54) is 12.1 Å². The molecule has 0 amide bonds. The van der Waals surface area contributed by atoms with Gasteiger partial charge in [-0.25, -0.2) is 4.79 Å². The maximum atomic E-state index is 13.0. The first-order valence-corrected chi connectivity index (χ1v) is 7.45. The molecule has 1 heterocycles. The first-order valence-electron chi connectivity index (χ1n) is 7.45. The van der Waals surface area contributed by atoms with Crippen molar-refractivity contribution in [2.45, 2.75) is 51.4 Å². The molecule has 1 aliphatic rings. The fraction of sp³-hybridized carbons (Fsp3) is 0.562. The Bertz CT molecular complexity index is 594. The zero-order valence-electron chi connectivity index (χ0n) is 13.4. The van der Waals surface area contributed by atoms with E-state index in [-0.39, 0.29) is 5.69 Å². The normalized spacial score (nSPS) is 19.0. The van der Waals surface area contributed by atoms with Gasteiger partial charge in [0.2, 0.25) is 0 Å². The second kappa shape index (κ2) is 5.94. The maximum absolute atomic E-state index is 13.0. The van der Waals surface area contributed by atoms with Gasteiger partial charge in [0.25, 0.3) is 0 Å². The van der Waals surface area contributed by atoms with Gasteiger partial charge in [-0.2, -0.15) is 13.2 Å². The van der Waals surface area contributed by atoms with E-state index in [0.29, 0.717) is 18.7 Å². The topological polar surface area (TPSA) is 55.6 Å². The summed E-state index contributed by atoms with van der Waals surface area (Å²) in [7, 11) is 0. The van der Waals surface area contributed by atoms with Crippen LogP contribution in [0.25, 0.3) is 0 Å². The summed E-state index contributed by atoms with van der Waals surface area (Å²) in [4.78, 5) is 13.9. The summed E-state index contributed by atoms with van der Waals surface area (Å²) in [5.41, 5.74) is 3.91. The molecule has 2 N–H and O–H groups in total. The molecule has 0 radical (unpaired) electrons. The Morgan fingerprint density at radius 2 is 1.96 bits per heavy atom. The monoisotopic (exact) mass is 330 g/mol. The Morgan fingerprint density at radius 1 is 1.30 bits per heavy atom.